The van der Waals surface area contributed by atoms with E-state index in [1.54, 1.807) is 11.0 Å². The molecular formula is C27H35NO7. The predicted octanol–water partition coefficient (Wildman–Crippen LogP) is 4.07. The van der Waals surface area contributed by atoms with Crippen LogP contribution in [0.1, 0.15) is 44.7 Å². The van der Waals surface area contributed by atoms with Crippen molar-refractivity contribution in [1.29, 1.82) is 0 Å². The number of ether oxygens (including phenoxy) is 3. The van der Waals surface area contributed by atoms with E-state index in [9.17, 15) is 14.7 Å². The highest BCUT2D eigenvalue weighted by Gasteiger charge is 2.32. The van der Waals surface area contributed by atoms with Crippen LogP contribution in [0.15, 0.2) is 48.5 Å². The highest BCUT2D eigenvalue weighted by atomic mass is 16.6. The molecule has 8 heteroatoms. The number of fused-ring (bicyclic) bond motifs is 1. The minimum atomic E-state index is -1.04. The van der Waals surface area contributed by atoms with Crippen LogP contribution >= 0.6 is 0 Å². The molecule has 2 aromatic carbocycles. The number of rotatable bonds is 9. The molecule has 0 saturated carbocycles. The summed E-state index contributed by atoms with van der Waals surface area (Å²) >= 11 is 0. The lowest BCUT2D eigenvalue weighted by Gasteiger charge is -2.34. The smallest absolute Gasteiger partial charge is 0.410 e. The molecule has 2 aromatic rings. The van der Waals surface area contributed by atoms with Crippen LogP contribution in [0.5, 0.6) is 11.5 Å². The number of hydrogen-bond donors (Lipinski definition) is 2. The fourth-order valence-electron chi connectivity index (χ4n) is 4.10. The number of amides is 1. The highest BCUT2D eigenvalue weighted by Crippen LogP contribution is 2.28. The summed E-state index contributed by atoms with van der Waals surface area (Å²) in [7, 11) is 0. The topological polar surface area (TPSA) is 106 Å². The molecule has 190 valence electrons. The number of aliphatic hydroxyl groups excluding tert-OH is 1. The average molecular weight is 486 g/mol. The molecule has 1 amide bonds. The molecule has 2 atom stereocenters. The molecule has 0 bridgehead atoms. The third-order valence-corrected chi connectivity index (χ3v) is 5.64. The van der Waals surface area contributed by atoms with Crippen molar-refractivity contribution in [2.45, 2.75) is 64.2 Å². The number of nitrogens with zero attached hydrogens (tertiary/aromatic N) is 1. The van der Waals surface area contributed by atoms with Gasteiger partial charge in [0.1, 0.15) is 29.8 Å². The fourth-order valence-corrected chi connectivity index (χ4v) is 4.10. The van der Waals surface area contributed by atoms with Crippen LogP contribution in [0.2, 0.25) is 0 Å². The summed E-state index contributed by atoms with van der Waals surface area (Å²) in [5.41, 5.74) is 1.47. The molecule has 0 saturated heterocycles. The summed E-state index contributed by atoms with van der Waals surface area (Å²) < 4.78 is 16.7. The second-order valence-electron chi connectivity index (χ2n) is 9.77. The van der Waals surface area contributed by atoms with Gasteiger partial charge in [-0.25, -0.2) is 9.59 Å². The molecule has 0 spiro atoms. The van der Waals surface area contributed by atoms with Gasteiger partial charge in [-0.1, -0.05) is 24.3 Å². The van der Waals surface area contributed by atoms with Crippen LogP contribution in [0.3, 0.4) is 0 Å². The van der Waals surface area contributed by atoms with Gasteiger partial charge in [0.05, 0.1) is 6.54 Å². The Bertz CT molecular complexity index is 987. The van der Waals surface area contributed by atoms with E-state index in [-0.39, 0.29) is 19.2 Å². The number of aryl methyl sites for hydroxylation is 1. The first kappa shape index (κ1) is 26.3. The third-order valence-electron chi connectivity index (χ3n) is 5.64. The zero-order chi connectivity index (χ0) is 25.4. The quantitative estimate of drug-likeness (QED) is 0.516. The maximum atomic E-state index is 13.2. The fraction of sp³-hybridized carbons (Fsp3) is 0.481. The molecule has 0 aliphatic heterocycles. The van der Waals surface area contributed by atoms with Gasteiger partial charge in [0.2, 0.25) is 0 Å². The van der Waals surface area contributed by atoms with E-state index >= 15 is 0 Å². The molecule has 1 aliphatic rings. The number of carbonyl (C=O) groups excluding carboxylic acids is 1. The van der Waals surface area contributed by atoms with E-state index in [2.05, 4.69) is 0 Å². The Balaban J connectivity index is 1.76. The Morgan fingerprint density at radius 1 is 1.06 bits per heavy atom. The van der Waals surface area contributed by atoms with E-state index < -0.39 is 30.4 Å². The zero-order valence-electron chi connectivity index (χ0n) is 20.6. The monoisotopic (exact) mass is 485 g/mol. The average Bonchev–Trinajstić information content (AvgIpc) is 3.01. The summed E-state index contributed by atoms with van der Waals surface area (Å²) in [6.07, 6.45) is 1.60. The standard InChI is InChI=1S/C27H35NO7/c1-27(2,3)35-26(32)28(16-22(29)17-33-23-10-5-4-6-11-23)21-9-7-8-19-12-13-24(15-20(19)14-21)34-18-25(30)31/h4-6,10-13,15,21-22,29H,7-9,14,16-18H2,1-3H3,(H,30,31). The number of hydrogen-bond acceptors (Lipinski definition) is 6. The van der Waals surface area contributed by atoms with Gasteiger partial charge in [-0.15, -0.1) is 0 Å². The van der Waals surface area contributed by atoms with Gasteiger partial charge >= 0.3 is 12.1 Å². The summed E-state index contributed by atoms with van der Waals surface area (Å²) in [6.45, 7) is 5.13. The second kappa shape index (κ2) is 11.9. The Morgan fingerprint density at radius 2 is 1.80 bits per heavy atom. The van der Waals surface area contributed by atoms with E-state index in [0.29, 0.717) is 17.9 Å². The molecule has 3 rings (SSSR count). The molecule has 1 aliphatic carbocycles. The maximum Gasteiger partial charge on any atom is 0.410 e. The van der Waals surface area contributed by atoms with Crippen molar-refractivity contribution in [2.75, 3.05) is 19.8 Å². The van der Waals surface area contributed by atoms with E-state index in [4.69, 9.17) is 19.3 Å². The summed E-state index contributed by atoms with van der Waals surface area (Å²) in [4.78, 5) is 25.7. The first-order chi connectivity index (χ1) is 16.6. The van der Waals surface area contributed by atoms with Crippen LogP contribution in [0, 0.1) is 0 Å². The minimum Gasteiger partial charge on any atom is -0.491 e. The van der Waals surface area contributed by atoms with Crippen LogP contribution in [-0.2, 0) is 22.4 Å². The van der Waals surface area contributed by atoms with Gasteiger partial charge in [-0.3, -0.25) is 0 Å². The Kier molecular flexibility index (Phi) is 8.98. The van der Waals surface area contributed by atoms with Crippen LogP contribution in [-0.4, -0.2) is 64.7 Å². The van der Waals surface area contributed by atoms with E-state index in [0.717, 1.165) is 30.4 Å². The summed E-state index contributed by atoms with van der Waals surface area (Å²) in [6, 6.07) is 14.6. The van der Waals surface area contributed by atoms with Crippen molar-refractivity contribution >= 4 is 12.1 Å². The molecule has 2 unspecified atom stereocenters. The molecule has 35 heavy (non-hydrogen) atoms. The van der Waals surface area contributed by atoms with Crippen LogP contribution in [0.25, 0.3) is 0 Å². The number of aliphatic carboxylic acids is 1. The van der Waals surface area contributed by atoms with Crippen molar-refractivity contribution in [3.8, 4) is 11.5 Å². The highest BCUT2D eigenvalue weighted by molar-refractivity contribution is 5.69. The van der Waals surface area contributed by atoms with Gasteiger partial charge in [0, 0.05) is 6.04 Å². The second-order valence-corrected chi connectivity index (χ2v) is 9.77. The maximum absolute atomic E-state index is 13.2. The molecule has 2 N–H and O–H groups in total. The van der Waals surface area contributed by atoms with E-state index in [1.807, 2.05) is 63.2 Å². The number of carboxylic acid groups (broad SMARTS) is 1. The number of para-hydroxylation sites is 1. The Labute approximate surface area is 206 Å². The first-order valence-electron chi connectivity index (χ1n) is 11.9. The van der Waals surface area contributed by atoms with Crippen molar-refractivity contribution in [1.82, 2.24) is 4.90 Å². The largest absolute Gasteiger partial charge is 0.491 e. The molecule has 0 radical (unpaired) electrons. The number of carboxylic acids is 1. The van der Waals surface area contributed by atoms with Gasteiger partial charge in [-0.05, 0) is 81.8 Å². The van der Waals surface area contributed by atoms with Crippen molar-refractivity contribution in [3.05, 3.63) is 59.7 Å². The van der Waals surface area contributed by atoms with Crippen molar-refractivity contribution in [3.63, 3.8) is 0 Å². The van der Waals surface area contributed by atoms with Gasteiger partial charge in [0.25, 0.3) is 0 Å². The van der Waals surface area contributed by atoms with Gasteiger partial charge in [0.15, 0.2) is 6.61 Å². The van der Waals surface area contributed by atoms with Gasteiger partial charge in [-0.2, -0.15) is 0 Å². The molecular weight excluding hydrogens is 450 g/mol. The van der Waals surface area contributed by atoms with Crippen molar-refractivity contribution in [2.24, 2.45) is 0 Å². The lowest BCUT2D eigenvalue weighted by Crippen LogP contribution is -2.48. The minimum absolute atomic E-state index is 0.0415. The summed E-state index contributed by atoms with van der Waals surface area (Å²) in [5.74, 6) is 0.0835. The van der Waals surface area contributed by atoms with Gasteiger partial charge < -0.3 is 29.3 Å². The summed E-state index contributed by atoms with van der Waals surface area (Å²) in [5, 5.41) is 19.7. The SMILES string of the molecule is CC(C)(C)OC(=O)N(CC(O)COc1ccccc1)C1CCCc2ccc(OCC(=O)O)cc2C1. The third kappa shape index (κ3) is 8.47. The first-order valence-corrected chi connectivity index (χ1v) is 11.9. The number of benzene rings is 2. The normalized spacial score (nSPS) is 16.4. The molecule has 0 fully saturated rings. The number of aliphatic hydroxyl groups is 1. The molecule has 8 nitrogen and oxygen atoms in total. The van der Waals surface area contributed by atoms with Crippen molar-refractivity contribution < 1.29 is 34.0 Å². The van der Waals surface area contributed by atoms with Crippen LogP contribution < -0.4 is 9.47 Å². The molecule has 0 aromatic heterocycles. The Morgan fingerprint density at radius 3 is 2.49 bits per heavy atom. The zero-order valence-corrected chi connectivity index (χ0v) is 20.6. The predicted molar refractivity (Wildman–Crippen MR) is 131 cm³/mol. The lowest BCUT2D eigenvalue weighted by molar-refractivity contribution is -0.139. The molecule has 0 heterocycles. The van der Waals surface area contributed by atoms with Crippen LogP contribution in [0.4, 0.5) is 4.79 Å². The number of carbonyl (C=O) groups is 2. The lowest BCUT2D eigenvalue weighted by atomic mass is 10.0. The Hall–Kier alpha value is -3.26. The van der Waals surface area contributed by atoms with E-state index in [1.165, 1.54) is 0 Å².